The zero-order valence-corrected chi connectivity index (χ0v) is 8.69. The molecule has 2 atom stereocenters. The van der Waals surface area contributed by atoms with Gasteiger partial charge >= 0.3 is 0 Å². The molecular formula is C11H20N2. The van der Waals surface area contributed by atoms with E-state index in [1.807, 2.05) is 0 Å². The van der Waals surface area contributed by atoms with Crippen LogP contribution in [0.4, 0.5) is 0 Å². The Morgan fingerprint density at radius 1 is 1.31 bits per heavy atom. The van der Waals surface area contributed by atoms with E-state index in [4.69, 9.17) is 11.5 Å². The van der Waals surface area contributed by atoms with Gasteiger partial charge in [0.1, 0.15) is 0 Å². The molecule has 0 aromatic rings. The van der Waals surface area contributed by atoms with Gasteiger partial charge in [-0.25, -0.2) is 0 Å². The van der Waals surface area contributed by atoms with E-state index in [0.717, 1.165) is 25.0 Å². The molecule has 2 aliphatic carbocycles. The third kappa shape index (κ3) is 0.925. The molecule has 2 bridgehead atoms. The van der Waals surface area contributed by atoms with Crippen molar-refractivity contribution in [3.63, 3.8) is 0 Å². The first-order chi connectivity index (χ1) is 6.08. The number of hydrogen-bond donors (Lipinski definition) is 2. The van der Waals surface area contributed by atoms with Crippen molar-refractivity contribution in [1.82, 2.24) is 0 Å². The van der Waals surface area contributed by atoms with Gasteiger partial charge in [-0.2, -0.15) is 0 Å². The molecule has 2 aliphatic rings. The molecule has 0 spiro atoms. The van der Waals surface area contributed by atoms with Crippen molar-refractivity contribution in [1.29, 1.82) is 0 Å². The van der Waals surface area contributed by atoms with Gasteiger partial charge in [0, 0.05) is 5.70 Å². The summed E-state index contributed by atoms with van der Waals surface area (Å²) in [6.07, 6.45) is 5.74. The van der Waals surface area contributed by atoms with Crippen LogP contribution in [0.25, 0.3) is 0 Å². The molecule has 0 aliphatic heterocycles. The SMILES string of the molecule is CCC1=C(N)C2(N)CCC1(CC)C2. The molecule has 2 nitrogen and oxygen atoms in total. The van der Waals surface area contributed by atoms with Crippen LogP contribution in [0.3, 0.4) is 0 Å². The lowest BCUT2D eigenvalue weighted by Gasteiger charge is -2.29. The van der Waals surface area contributed by atoms with Crippen molar-refractivity contribution in [3.8, 4) is 0 Å². The van der Waals surface area contributed by atoms with Gasteiger partial charge in [0.25, 0.3) is 0 Å². The van der Waals surface area contributed by atoms with Gasteiger partial charge in [-0.05, 0) is 43.1 Å². The molecule has 0 amide bonds. The molecule has 1 fully saturated rings. The fraction of sp³-hybridized carbons (Fsp3) is 0.818. The van der Waals surface area contributed by atoms with Crippen LogP contribution in [0, 0.1) is 5.41 Å². The van der Waals surface area contributed by atoms with E-state index in [-0.39, 0.29) is 5.54 Å². The van der Waals surface area contributed by atoms with E-state index in [2.05, 4.69) is 13.8 Å². The third-order valence-electron chi connectivity index (χ3n) is 4.24. The van der Waals surface area contributed by atoms with Crippen LogP contribution in [0.5, 0.6) is 0 Å². The van der Waals surface area contributed by atoms with Crippen LogP contribution in [0.15, 0.2) is 11.3 Å². The zero-order valence-electron chi connectivity index (χ0n) is 8.69. The van der Waals surface area contributed by atoms with E-state index < -0.39 is 0 Å². The first-order valence-corrected chi connectivity index (χ1v) is 5.36. The Morgan fingerprint density at radius 3 is 2.46 bits per heavy atom. The van der Waals surface area contributed by atoms with Gasteiger partial charge in [0.2, 0.25) is 0 Å². The lowest BCUT2D eigenvalue weighted by molar-refractivity contribution is 0.351. The van der Waals surface area contributed by atoms with Gasteiger partial charge in [-0.1, -0.05) is 13.8 Å². The maximum atomic E-state index is 6.29. The van der Waals surface area contributed by atoms with Crippen molar-refractivity contribution < 1.29 is 0 Å². The summed E-state index contributed by atoms with van der Waals surface area (Å²) in [6, 6.07) is 0. The molecule has 13 heavy (non-hydrogen) atoms. The standard InChI is InChI=1S/C11H20N2/c1-3-8-9(12)11(13)6-5-10(8,4-2)7-11/h3-7,12-13H2,1-2H3. The van der Waals surface area contributed by atoms with Crippen LogP contribution in [0.2, 0.25) is 0 Å². The summed E-state index contributed by atoms with van der Waals surface area (Å²) in [7, 11) is 0. The normalized spacial score (nSPS) is 43.3. The average molecular weight is 180 g/mol. The fourth-order valence-corrected chi connectivity index (χ4v) is 3.40. The summed E-state index contributed by atoms with van der Waals surface area (Å²) in [5, 5.41) is 0. The lowest BCUT2D eigenvalue weighted by Crippen LogP contribution is -2.40. The molecule has 2 unspecified atom stereocenters. The lowest BCUT2D eigenvalue weighted by atomic mass is 9.76. The van der Waals surface area contributed by atoms with Crippen molar-refractivity contribution in [2.45, 2.75) is 51.5 Å². The van der Waals surface area contributed by atoms with Crippen molar-refractivity contribution in [2.24, 2.45) is 16.9 Å². The Kier molecular flexibility index (Phi) is 1.75. The summed E-state index contributed by atoms with van der Waals surface area (Å²) < 4.78 is 0. The Morgan fingerprint density at radius 2 is 2.00 bits per heavy atom. The second kappa shape index (κ2) is 2.50. The van der Waals surface area contributed by atoms with Crippen molar-refractivity contribution in [2.75, 3.05) is 0 Å². The molecule has 0 radical (unpaired) electrons. The highest BCUT2D eigenvalue weighted by Crippen LogP contribution is 2.59. The first-order valence-electron chi connectivity index (χ1n) is 5.36. The minimum absolute atomic E-state index is 0.138. The van der Waals surface area contributed by atoms with E-state index >= 15 is 0 Å². The monoisotopic (exact) mass is 180 g/mol. The molecule has 1 saturated carbocycles. The molecule has 2 rings (SSSR count). The fourth-order valence-electron chi connectivity index (χ4n) is 3.40. The van der Waals surface area contributed by atoms with E-state index in [9.17, 15) is 0 Å². The highest BCUT2D eigenvalue weighted by molar-refractivity contribution is 5.40. The zero-order chi connectivity index (χ0) is 9.69. The summed E-state index contributed by atoms with van der Waals surface area (Å²) in [5.74, 6) is 0. The molecular weight excluding hydrogens is 160 g/mol. The van der Waals surface area contributed by atoms with E-state index in [0.29, 0.717) is 5.41 Å². The molecule has 0 saturated heterocycles. The second-order valence-electron chi connectivity index (χ2n) is 4.71. The third-order valence-corrected chi connectivity index (χ3v) is 4.24. The van der Waals surface area contributed by atoms with Gasteiger partial charge in [-0.3, -0.25) is 0 Å². The first kappa shape index (κ1) is 9.07. The highest BCUT2D eigenvalue weighted by atomic mass is 14.9. The van der Waals surface area contributed by atoms with Gasteiger partial charge in [-0.15, -0.1) is 0 Å². The maximum Gasteiger partial charge on any atom is 0.0564 e. The minimum Gasteiger partial charge on any atom is -0.401 e. The minimum atomic E-state index is -0.138. The Balaban J connectivity index is 2.46. The van der Waals surface area contributed by atoms with E-state index in [1.165, 1.54) is 18.4 Å². The van der Waals surface area contributed by atoms with Crippen molar-refractivity contribution in [3.05, 3.63) is 11.3 Å². The summed E-state index contributed by atoms with van der Waals surface area (Å²) in [6.45, 7) is 4.46. The van der Waals surface area contributed by atoms with Gasteiger partial charge in [0.15, 0.2) is 0 Å². The highest BCUT2D eigenvalue weighted by Gasteiger charge is 2.55. The van der Waals surface area contributed by atoms with Crippen molar-refractivity contribution >= 4 is 0 Å². The number of fused-ring (bicyclic) bond motifs is 2. The molecule has 2 heteroatoms. The predicted molar refractivity (Wildman–Crippen MR) is 55.0 cm³/mol. The van der Waals surface area contributed by atoms with Crippen LogP contribution in [-0.4, -0.2) is 5.54 Å². The summed E-state index contributed by atoms with van der Waals surface area (Å²) >= 11 is 0. The number of allylic oxidation sites excluding steroid dienone is 1. The number of rotatable bonds is 2. The molecule has 4 N–H and O–H groups in total. The molecule has 0 aromatic heterocycles. The Bertz CT molecular complexity index is 269. The van der Waals surface area contributed by atoms with Crippen LogP contribution in [0.1, 0.15) is 46.0 Å². The van der Waals surface area contributed by atoms with Crippen LogP contribution >= 0.6 is 0 Å². The molecule has 74 valence electrons. The Hall–Kier alpha value is -0.500. The Labute approximate surface area is 80.4 Å². The quantitative estimate of drug-likeness (QED) is 0.682. The van der Waals surface area contributed by atoms with Gasteiger partial charge in [0.05, 0.1) is 5.54 Å². The van der Waals surface area contributed by atoms with E-state index in [1.54, 1.807) is 0 Å². The van der Waals surface area contributed by atoms with Crippen LogP contribution < -0.4 is 11.5 Å². The molecule has 0 heterocycles. The smallest absolute Gasteiger partial charge is 0.0564 e. The average Bonchev–Trinajstić information content (AvgIpc) is 2.56. The van der Waals surface area contributed by atoms with Crippen LogP contribution in [-0.2, 0) is 0 Å². The summed E-state index contributed by atoms with van der Waals surface area (Å²) in [4.78, 5) is 0. The number of hydrogen-bond acceptors (Lipinski definition) is 2. The second-order valence-corrected chi connectivity index (χ2v) is 4.71. The topological polar surface area (TPSA) is 52.0 Å². The maximum absolute atomic E-state index is 6.29. The van der Waals surface area contributed by atoms with Gasteiger partial charge < -0.3 is 11.5 Å². The summed E-state index contributed by atoms with van der Waals surface area (Å²) in [5.41, 5.74) is 15.1. The molecule has 0 aromatic carbocycles. The largest absolute Gasteiger partial charge is 0.401 e. The number of nitrogens with two attached hydrogens (primary N) is 2. The predicted octanol–water partition coefficient (Wildman–Crippen LogP) is 1.90.